The van der Waals surface area contributed by atoms with E-state index in [0.29, 0.717) is 121 Å². The monoisotopic (exact) mass is 870 g/mol. The number of para-hydroxylation sites is 4. The maximum atomic E-state index is 15.0. The lowest BCUT2D eigenvalue weighted by Crippen LogP contribution is -2.14. The van der Waals surface area contributed by atoms with E-state index in [1.807, 2.05) is 142 Å². The molecule has 0 bridgehead atoms. The lowest BCUT2D eigenvalue weighted by molar-refractivity contribution is 1.31. The molecule has 0 atom stereocenters. The highest BCUT2D eigenvalue weighted by Gasteiger charge is 2.29. The average molecular weight is 871 g/mol. The molecule has 13 rings (SSSR count). The predicted octanol–water partition coefficient (Wildman–Crippen LogP) is 12.5. The number of fused-ring (bicyclic) bond motifs is 8. The van der Waals surface area contributed by atoms with E-state index in [-0.39, 0.29) is 33.0 Å². The van der Waals surface area contributed by atoms with Crippen molar-refractivity contribution in [3.63, 3.8) is 0 Å². The Morgan fingerprint density at radius 3 is 1.18 bits per heavy atom. The fraction of sp³-hybridized carbons (Fsp3) is 0. The third kappa shape index (κ3) is 5.17. The van der Waals surface area contributed by atoms with Gasteiger partial charge in [0.2, 0.25) is 5.69 Å². The molecule has 4 heterocycles. The van der Waals surface area contributed by atoms with Crippen LogP contribution in [0.15, 0.2) is 201 Å². The summed E-state index contributed by atoms with van der Waals surface area (Å²) < 4.78 is 3.98. The molecular formula is C60H30N4O4. The second-order valence-corrected chi connectivity index (χ2v) is 17.1. The van der Waals surface area contributed by atoms with Crippen molar-refractivity contribution in [3.8, 4) is 50.6 Å². The average Bonchev–Trinajstić information content (AvgIpc) is 3.40. The molecule has 0 aliphatic heterocycles. The van der Waals surface area contributed by atoms with Crippen molar-refractivity contribution < 1.29 is 0 Å². The number of rotatable bonds is 4. The zero-order valence-corrected chi connectivity index (χ0v) is 35.7. The third-order valence-electron chi connectivity index (χ3n) is 13.6. The minimum atomic E-state index is -0.260. The molecule has 0 aliphatic carbocycles. The first-order valence-electron chi connectivity index (χ1n) is 22.0. The molecule has 0 aliphatic rings. The van der Waals surface area contributed by atoms with Gasteiger partial charge >= 0.3 is 0 Å². The van der Waals surface area contributed by atoms with Crippen LogP contribution in [0.25, 0.3) is 126 Å². The van der Waals surface area contributed by atoms with Crippen LogP contribution in [-0.4, -0.2) is 8.80 Å². The summed E-state index contributed by atoms with van der Waals surface area (Å²) >= 11 is 0. The smallest absolute Gasteiger partial charge is 0.213 e. The highest BCUT2D eigenvalue weighted by Crippen LogP contribution is 2.53. The molecule has 68 heavy (non-hydrogen) atoms. The Labute approximate surface area is 384 Å². The lowest BCUT2D eigenvalue weighted by Gasteiger charge is -2.24. The van der Waals surface area contributed by atoms with Crippen LogP contribution in [0.1, 0.15) is 5.56 Å². The molecule has 0 radical (unpaired) electrons. The highest BCUT2D eigenvalue weighted by molar-refractivity contribution is 6.14. The van der Waals surface area contributed by atoms with E-state index in [1.54, 1.807) is 48.5 Å². The molecular weight excluding hydrogens is 841 g/mol. The van der Waals surface area contributed by atoms with Gasteiger partial charge in [0.25, 0.3) is 0 Å². The van der Waals surface area contributed by atoms with Crippen LogP contribution in [0.5, 0.6) is 0 Å². The minimum absolute atomic E-state index is 0.142. The van der Waals surface area contributed by atoms with Crippen LogP contribution >= 0.6 is 0 Å². The van der Waals surface area contributed by atoms with Gasteiger partial charge in [-0.15, -0.1) is 0 Å². The Balaban J connectivity index is 1.23. The van der Waals surface area contributed by atoms with E-state index in [1.165, 1.54) is 0 Å². The molecule has 0 spiro atoms. The Morgan fingerprint density at radius 1 is 0.368 bits per heavy atom. The van der Waals surface area contributed by atoms with Gasteiger partial charge < -0.3 is 8.80 Å². The zero-order valence-electron chi connectivity index (χ0n) is 35.7. The molecule has 0 saturated carbocycles. The first kappa shape index (κ1) is 38.7. The summed E-state index contributed by atoms with van der Waals surface area (Å²) in [5.41, 5.74) is 7.81. The first-order chi connectivity index (χ1) is 33.4. The summed E-state index contributed by atoms with van der Waals surface area (Å²) in [6.07, 6.45) is 0. The van der Waals surface area contributed by atoms with Gasteiger partial charge in [0, 0.05) is 43.1 Å². The molecule has 0 saturated heterocycles. The van der Waals surface area contributed by atoms with E-state index >= 15 is 0 Å². The number of benzene rings is 9. The van der Waals surface area contributed by atoms with Gasteiger partial charge in [-0.1, -0.05) is 109 Å². The van der Waals surface area contributed by atoms with Crippen molar-refractivity contribution in [1.29, 1.82) is 5.26 Å². The fourth-order valence-corrected chi connectivity index (χ4v) is 10.8. The van der Waals surface area contributed by atoms with Crippen molar-refractivity contribution in [2.45, 2.75) is 0 Å². The lowest BCUT2D eigenvalue weighted by atomic mass is 9.79. The Morgan fingerprint density at radius 2 is 0.735 bits per heavy atom. The van der Waals surface area contributed by atoms with Crippen LogP contribution in [0.4, 0.5) is 5.69 Å². The maximum Gasteiger partial charge on any atom is 0.213 e. The van der Waals surface area contributed by atoms with Crippen molar-refractivity contribution >= 4 is 81.9 Å². The van der Waals surface area contributed by atoms with E-state index in [9.17, 15) is 24.4 Å². The fourth-order valence-electron chi connectivity index (χ4n) is 10.8. The van der Waals surface area contributed by atoms with Gasteiger partial charge in [0.05, 0.1) is 51.3 Å². The molecule has 13 aromatic rings. The van der Waals surface area contributed by atoms with Crippen molar-refractivity contribution in [1.82, 2.24) is 8.80 Å². The molecule has 0 N–H and O–H groups in total. The summed E-state index contributed by atoms with van der Waals surface area (Å²) in [6.45, 7) is 8.77. The largest absolute Gasteiger partial charge is 0.308 e. The second-order valence-electron chi connectivity index (χ2n) is 17.1. The third-order valence-corrected chi connectivity index (χ3v) is 13.6. The van der Waals surface area contributed by atoms with Crippen molar-refractivity contribution in [2.75, 3.05) is 0 Å². The zero-order chi connectivity index (χ0) is 45.9. The minimum Gasteiger partial charge on any atom is -0.308 e. The summed E-state index contributed by atoms with van der Waals surface area (Å²) in [4.78, 5) is 61.8. The van der Waals surface area contributed by atoms with Crippen LogP contribution in [0, 0.1) is 17.9 Å². The summed E-state index contributed by atoms with van der Waals surface area (Å²) in [6, 6.07) is 58.0. The van der Waals surface area contributed by atoms with Gasteiger partial charge in [-0.2, -0.15) is 5.26 Å². The van der Waals surface area contributed by atoms with Crippen LogP contribution in [-0.2, 0) is 0 Å². The molecule has 4 aromatic heterocycles. The molecule has 314 valence electrons. The Hall–Kier alpha value is -9.76. The first-order valence-corrected chi connectivity index (χ1v) is 22.0. The van der Waals surface area contributed by atoms with Crippen LogP contribution in [0.3, 0.4) is 0 Å². The van der Waals surface area contributed by atoms with Gasteiger partial charge in [0.1, 0.15) is 0 Å². The summed E-state index contributed by atoms with van der Waals surface area (Å²) in [5, 5.41) is 14.8. The van der Waals surface area contributed by atoms with E-state index in [4.69, 9.17) is 6.57 Å². The number of nitriles is 1. The van der Waals surface area contributed by atoms with Gasteiger partial charge in [-0.25, -0.2) is 4.85 Å². The number of nitrogens with zero attached hydrogens (tertiary/aromatic N) is 4. The number of pyridine rings is 4. The second kappa shape index (κ2) is 14.4. The van der Waals surface area contributed by atoms with E-state index < -0.39 is 0 Å². The molecule has 9 aromatic carbocycles. The van der Waals surface area contributed by atoms with Gasteiger partial charge in [-0.05, 0) is 117 Å². The van der Waals surface area contributed by atoms with Crippen LogP contribution in [0.2, 0.25) is 0 Å². The Bertz CT molecular complexity index is 4420. The number of hydrogen-bond acceptors (Lipinski definition) is 5. The van der Waals surface area contributed by atoms with Gasteiger partial charge in [-0.3, -0.25) is 19.2 Å². The maximum absolute atomic E-state index is 15.0. The topological polar surface area (TPSA) is 105 Å². The molecule has 8 heteroatoms. The number of aromatic nitrogens is 2. The quantitative estimate of drug-likeness (QED) is 0.0995. The van der Waals surface area contributed by atoms with E-state index in [0.717, 1.165) is 0 Å². The SMILES string of the molecule is [C-]#[N+]c1c(C#N)c(-c2ccccc2)c(-c2ccc3c(c2)c(=O)c2cccc4c(=O)c5ccccc5n3c42)c(-c2ccc3c(c2)c(=O)c2cccc4c(=O)c5ccccc5n3c42)c1-c1ccccc1. The summed E-state index contributed by atoms with van der Waals surface area (Å²) in [7, 11) is 0. The molecule has 0 amide bonds. The van der Waals surface area contributed by atoms with E-state index in [2.05, 4.69) is 10.9 Å². The van der Waals surface area contributed by atoms with Crippen molar-refractivity contribution in [3.05, 3.63) is 240 Å². The molecule has 0 unspecified atom stereocenters. The normalized spacial score (nSPS) is 11.7. The van der Waals surface area contributed by atoms with Gasteiger partial charge in [0.15, 0.2) is 21.7 Å². The standard InChI is InChI=1S/C60H30N4O4/c1-62-54-45(32-61)50(33-14-4-2-5-15-33)51(35-26-28-48-43(30-35)59(67)41-22-12-20-39-55(41)63(48)46-24-10-8-18-37(46)57(39)65)52(53(54)34-16-6-3-7-17-34)36-27-29-49-44(31-36)60(68)42-23-13-21-40-56(42)64(49)47-25-11-9-19-38(47)58(40)66/h2-31H. The molecule has 0 fully saturated rings. The summed E-state index contributed by atoms with van der Waals surface area (Å²) in [5.74, 6) is 0. The number of hydrogen-bond donors (Lipinski definition) is 0. The molecule has 8 nitrogen and oxygen atoms in total. The highest BCUT2D eigenvalue weighted by atomic mass is 16.1. The Kier molecular flexibility index (Phi) is 8.17. The van der Waals surface area contributed by atoms with Crippen molar-refractivity contribution in [2.24, 2.45) is 0 Å². The van der Waals surface area contributed by atoms with Crippen LogP contribution < -0.4 is 21.7 Å². The predicted molar refractivity (Wildman–Crippen MR) is 274 cm³/mol.